The molecular weight excluding hydrogens is 274 g/mol. The second kappa shape index (κ2) is 3.71. The molecule has 0 spiro atoms. The first-order valence-corrected chi connectivity index (χ1v) is 2.04. The van der Waals surface area contributed by atoms with Gasteiger partial charge in [0.1, 0.15) is 0 Å². The third-order valence-electron chi connectivity index (χ3n) is 0.635. The zero-order chi connectivity index (χ0) is 5.11. The molecule has 0 bridgehead atoms. The Hall–Kier alpha value is -0.258. The third-order valence-corrected chi connectivity index (χ3v) is 0.635. The van der Waals surface area contributed by atoms with Crippen LogP contribution in [0.4, 0.5) is 0 Å². The predicted octanol–water partition coefficient (Wildman–Crippen LogP) is 0.583. The molecule has 0 atom stereocenters. The summed E-state index contributed by atoms with van der Waals surface area (Å²) in [5, 5.41) is 0. The smallest absolute Gasteiger partial charge is 0 e. The fourth-order valence-electron chi connectivity index (χ4n) is 0.338. The van der Waals surface area contributed by atoms with Gasteiger partial charge in [-0.15, -0.1) is 6.20 Å². The molecule has 1 rings (SSSR count). The Morgan fingerprint density at radius 1 is 1.62 bits per heavy atom. The van der Waals surface area contributed by atoms with Gasteiger partial charge >= 0.3 is 0 Å². The Morgan fingerprint density at radius 3 is 2.62 bits per heavy atom. The maximum atomic E-state index is 3.79. The summed E-state index contributed by atoms with van der Waals surface area (Å²) in [7, 11) is 0. The standard InChI is InChI=1S/C5H5N2.Re/c1-5-4-6-2-3-7-5;/h2,4H,1H3;/q-1;. The van der Waals surface area contributed by atoms with Gasteiger partial charge in [0.05, 0.1) is 0 Å². The minimum atomic E-state index is 0. The molecule has 0 aromatic carbocycles. The van der Waals surface area contributed by atoms with Gasteiger partial charge in [-0.05, 0) is 12.4 Å². The van der Waals surface area contributed by atoms with Crippen molar-refractivity contribution < 1.29 is 20.4 Å². The van der Waals surface area contributed by atoms with Gasteiger partial charge in [0.15, 0.2) is 0 Å². The van der Waals surface area contributed by atoms with Crippen LogP contribution in [0.15, 0.2) is 12.4 Å². The first kappa shape index (κ1) is 7.74. The largest absolute Gasteiger partial charge is 0.453 e. The number of aromatic nitrogens is 2. The molecule has 1 heterocycles. The summed E-state index contributed by atoms with van der Waals surface area (Å²) in [5.74, 6) is 0. The molecular formula is C5H5N2Re-. The molecule has 0 fully saturated rings. The maximum Gasteiger partial charge on any atom is 0 e. The summed E-state index contributed by atoms with van der Waals surface area (Å²) < 4.78 is 0. The summed E-state index contributed by atoms with van der Waals surface area (Å²) in [4.78, 5) is 7.56. The predicted molar refractivity (Wildman–Crippen MR) is 25.6 cm³/mol. The van der Waals surface area contributed by atoms with E-state index in [0.29, 0.717) is 0 Å². The summed E-state index contributed by atoms with van der Waals surface area (Å²) in [6.45, 7) is 1.88. The van der Waals surface area contributed by atoms with Crippen LogP contribution in [-0.2, 0) is 20.4 Å². The van der Waals surface area contributed by atoms with E-state index in [-0.39, 0.29) is 20.4 Å². The fraction of sp³-hybridized carbons (Fsp3) is 0.200. The normalized spacial score (nSPS) is 7.62. The maximum absolute atomic E-state index is 3.79. The molecule has 0 aliphatic carbocycles. The third kappa shape index (κ3) is 2.15. The monoisotopic (exact) mass is 280 g/mol. The van der Waals surface area contributed by atoms with E-state index in [1.54, 1.807) is 6.20 Å². The van der Waals surface area contributed by atoms with Gasteiger partial charge in [-0.3, -0.25) is 0 Å². The quantitative estimate of drug-likeness (QED) is 0.649. The van der Waals surface area contributed by atoms with Crippen LogP contribution in [0.25, 0.3) is 0 Å². The van der Waals surface area contributed by atoms with Gasteiger partial charge in [0, 0.05) is 20.4 Å². The van der Waals surface area contributed by atoms with Crippen molar-refractivity contribution in [3.05, 3.63) is 24.3 Å². The Morgan fingerprint density at radius 2 is 2.38 bits per heavy atom. The van der Waals surface area contributed by atoms with Crippen LogP contribution in [0.5, 0.6) is 0 Å². The van der Waals surface area contributed by atoms with Crippen molar-refractivity contribution in [3.63, 3.8) is 0 Å². The van der Waals surface area contributed by atoms with Crippen molar-refractivity contribution in [1.82, 2.24) is 9.97 Å². The van der Waals surface area contributed by atoms with Gasteiger partial charge < -0.3 is 9.97 Å². The van der Waals surface area contributed by atoms with Crippen LogP contribution in [0.1, 0.15) is 5.69 Å². The molecule has 0 N–H and O–H groups in total. The molecule has 43 valence electrons. The van der Waals surface area contributed by atoms with Crippen molar-refractivity contribution in [2.45, 2.75) is 6.92 Å². The summed E-state index contributed by atoms with van der Waals surface area (Å²) in [5.41, 5.74) is 0.905. The molecule has 0 amide bonds. The van der Waals surface area contributed by atoms with Gasteiger partial charge in [-0.2, -0.15) is 0 Å². The van der Waals surface area contributed by atoms with E-state index in [0.717, 1.165) is 5.69 Å². The topological polar surface area (TPSA) is 25.8 Å². The van der Waals surface area contributed by atoms with Gasteiger partial charge in [-0.25, -0.2) is 0 Å². The van der Waals surface area contributed by atoms with Crippen LogP contribution in [0.3, 0.4) is 0 Å². The van der Waals surface area contributed by atoms with Crippen molar-refractivity contribution in [3.8, 4) is 0 Å². The van der Waals surface area contributed by atoms with Gasteiger partial charge in [0.25, 0.3) is 0 Å². The van der Waals surface area contributed by atoms with Crippen molar-refractivity contribution >= 4 is 0 Å². The minimum Gasteiger partial charge on any atom is -0.453 e. The van der Waals surface area contributed by atoms with E-state index < -0.39 is 0 Å². The zero-order valence-corrected chi connectivity index (χ0v) is 7.14. The average Bonchev–Trinajstić information content (AvgIpc) is 1.69. The molecule has 0 unspecified atom stereocenters. The van der Waals surface area contributed by atoms with Crippen LogP contribution >= 0.6 is 0 Å². The Kier molecular flexibility index (Phi) is 3.59. The first-order chi connectivity index (χ1) is 3.39. The molecule has 1 aromatic heterocycles. The van der Waals surface area contributed by atoms with Crippen LogP contribution in [0, 0.1) is 13.1 Å². The van der Waals surface area contributed by atoms with E-state index in [1.165, 1.54) is 6.20 Å². The summed E-state index contributed by atoms with van der Waals surface area (Å²) in [6.07, 6.45) is 5.83. The van der Waals surface area contributed by atoms with Crippen LogP contribution < -0.4 is 0 Å². The van der Waals surface area contributed by atoms with Crippen molar-refractivity contribution in [2.24, 2.45) is 0 Å². The van der Waals surface area contributed by atoms with E-state index >= 15 is 0 Å². The molecule has 1 aromatic rings. The number of rotatable bonds is 0. The van der Waals surface area contributed by atoms with Crippen LogP contribution in [-0.4, -0.2) is 9.97 Å². The van der Waals surface area contributed by atoms with Crippen molar-refractivity contribution in [2.75, 3.05) is 0 Å². The number of nitrogens with zero attached hydrogens (tertiary/aromatic N) is 2. The molecule has 1 radical (unpaired) electrons. The minimum absolute atomic E-state index is 0. The summed E-state index contributed by atoms with van der Waals surface area (Å²) in [6, 6.07) is 0. The summed E-state index contributed by atoms with van der Waals surface area (Å²) >= 11 is 0. The van der Waals surface area contributed by atoms with E-state index in [4.69, 9.17) is 0 Å². The zero-order valence-electron chi connectivity index (χ0n) is 4.43. The second-order valence-corrected chi connectivity index (χ2v) is 1.29. The van der Waals surface area contributed by atoms with Gasteiger partial charge in [-0.1, -0.05) is 12.6 Å². The molecule has 2 nitrogen and oxygen atoms in total. The molecule has 0 aliphatic heterocycles. The van der Waals surface area contributed by atoms with E-state index in [9.17, 15) is 0 Å². The van der Waals surface area contributed by atoms with Crippen molar-refractivity contribution in [1.29, 1.82) is 0 Å². The first-order valence-electron chi connectivity index (χ1n) is 2.04. The Balaban J connectivity index is 0.000000490. The van der Waals surface area contributed by atoms with Crippen LogP contribution in [0.2, 0.25) is 0 Å². The molecule has 0 saturated heterocycles. The fourth-order valence-corrected chi connectivity index (χ4v) is 0.338. The number of hydrogen-bond acceptors (Lipinski definition) is 2. The molecule has 0 aliphatic rings. The number of aryl methyl sites for hydroxylation is 1. The molecule has 8 heavy (non-hydrogen) atoms. The van der Waals surface area contributed by atoms with Gasteiger partial charge in [0.2, 0.25) is 0 Å². The van der Waals surface area contributed by atoms with E-state index in [2.05, 4.69) is 16.2 Å². The second-order valence-electron chi connectivity index (χ2n) is 1.29. The Labute approximate surface area is 62.0 Å². The number of hydrogen-bond donors (Lipinski definition) is 0. The molecule has 0 saturated carbocycles. The van der Waals surface area contributed by atoms with E-state index in [1.807, 2.05) is 6.92 Å². The SMILES string of the molecule is Cc1cnc[c-]n1.[Re]. The average molecular weight is 279 g/mol. The Bertz CT molecular complexity index is 140. The molecule has 3 heteroatoms.